The lowest BCUT2D eigenvalue weighted by Gasteiger charge is -1.89. The van der Waals surface area contributed by atoms with Crippen molar-refractivity contribution < 1.29 is 4.79 Å². The van der Waals surface area contributed by atoms with E-state index in [0.717, 1.165) is 32.0 Å². The zero-order chi connectivity index (χ0) is 10.6. The van der Waals surface area contributed by atoms with Crippen molar-refractivity contribution in [1.82, 2.24) is 0 Å². The number of allylic oxidation sites excluding steroid dienone is 6. The molecule has 0 aliphatic rings. The van der Waals surface area contributed by atoms with Crippen LogP contribution in [0.2, 0.25) is 0 Å². The molecule has 0 atom stereocenters. The topological polar surface area (TPSA) is 17.1 Å². The molecule has 0 N–H and O–H groups in total. The van der Waals surface area contributed by atoms with Gasteiger partial charge in [0.15, 0.2) is 0 Å². The average Bonchev–Trinajstić information content (AvgIpc) is 2.15. The normalized spacial score (nSPS) is 11.0. The van der Waals surface area contributed by atoms with E-state index in [4.69, 9.17) is 0 Å². The first-order valence-electron chi connectivity index (χ1n) is 5.16. The molecule has 0 radical (unpaired) electrons. The summed E-state index contributed by atoms with van der Waals surface area (Å²) in [6.45, 7) is 4.24. The van der Waals surface area contributed by atoms with Gasteiger partial charge in [0.1, 0.15) is 6.29 Å². The molecule has 14 heavy (non-hydrogen) atoms. The van der Waals surface area contributed by atoms with Gasteiger partial charge in [-0.1, -0.05) is 29.9 Å². The molecule has 0 rings (SSSR count). The van der Waals surface area contributed by atoms with E-state index in [-0.39, 0.29) is 0 Å². The van der Waals surface area contributed by atoms with Crippen molar-refractivity contribution in [2.45, 2.75) is 39.5 Å². The van der Waals surface area contributed by atoms with Gasteiger partial charge in [-0.3, -0.25) is 4.79 Å². The molecule has 1 heteroatoms. The summed E-state index contributed by atoms with van der Waals surface area (Å²) in [6.07, 6.45) is 15.1. The van der Waals surface area contributed by atoms with Crippen LogP contribution in [0, 0.1) is 0 Å². The van der Waals surface area contributed by atoms with Crippen LogP contribution in [-0.2, 0) is 4.79 Å². The van der Waals surface area contributed by atoms with E-state index in [1.807, 2.05) is 6.08 Å². The summed E-state index contributed by atoms with van der Waals surface area (Å²) in [5, 5.41) is 0. The summed E-state index contributed by atoms with van der Waals surface area (Å²) >= 11 is 0. The Morgan fingerprint density at radius 3 is 2.07 bits per heavy atom. The van der Waals surface area contributed by atoms with Crippen LogP contribution in [0.25, 0.3) is 0 Å². The minimum atomic E-state index is 0.818. The molecule has 0 fully saturated rings. The molecule has 0 aromatic carbocycles. The predicted octanol–water partition coefficient (Wildman–Crippen LogP) is 3.82. The van der Waals surface area contributed by atoms with E-state index in [1.165, 1.54) is 5.57 Å². The highest BCUT2D eigenvalue weighted by molar-refractivity contribution is 5.64. The summed E-state index contributed by atoms with van der Waals surface area (Å²) in [6, 6.07) is 0. The highest BCUT2D eigenvalue weighted by Gasteiger charge is 1.79. The molecule has 0 spiro atoms. The standard InChI is InChI=1S/C13H20O/c1-13(2)11-9-7-5-3-4-6-8-10-12-14/h3,5,8,10-12H,4,6-7,9H2,1-2H3/b5-3+,10-8+. The highest BCUT2D eigenvalue weighted by Crippen LogP contribution is 1.99. The van der Waals surface area contributed by atoms with Crippen molar-refractivity contribution in [3.63, 3.8) is 0 Å². The van der Waals surface area contributed by atoms with E-state index < -0.39 is 0 Å². The maximum Gasteiger partial charge on any atom is 0.142 e. The molecule has 0 heterocycles. The fourth-order valence-corrected chi connectivity index (χ4v) is 1.05. The Hall–Kier alpha value is -1.11. The van der Waals surface area contributed by atoms with Crippen molar-refractivity contribution in [2.75, 3.05) is 0 Å². The maximum absolute atomic E-state index is 9.93. The molecule has 0 aliphatic heterocycles. The molecule has 0 bridgehead atoms. The average molecular weight is 192 g/mol. The Balaban J connectivity index is 3.32. The lowest BCUT2D eigenvalue weighted by Crippen LogP contribution is -1.69. The van der Waals surface area contributed by atoms with E-state index in [1.54, 1.807) is 6.08 Å². The third-order valence-corrected chi connectivity index (χ3v) is 1.77. The Morgan fingerprint density at radius 1 is 0.929 bits per heavy atom. The van der Waals surface area contributed by atoms with Gasteiger partial charge in [0.2, 0.25) is 0 Å². The van der Waals surface area contributed by atoms with E-state index >= 15 is 0 Å². The number of carbonyl (C=O) groups is 1. The molecular formula is C13H20O. The van der Waals surface area contributed by atoms with Crippen molar-refractivity contribution in [1.29, 1.82) is 0 Å². The number of hydrogen-bond acceptors (Lipinski definition) is 1. The number of unbranched alkanes of at least 4 members (excludes halogenated alkanes) is 2. The molecular weight excluding hydrogens is 172 g/mol. The summed E-state index contributed by atoms with van der Waals surface area (Å²) in [4.78, 5) is 9.93. The first kappa shape index (κ1) is 12.9. The van der Waals surface area contributed by atoms with Gasteiger partial charge in [0.25, 0.3) is 0 Å². The third kappa shape index (κ3) is 10.9. The van der Waals surface area contributed by atoms with Gasteiger partial charge in [-0.05, 0) is 45.6 Å². The van der Waals surface area contributed by atoms with Crippen LogP contribution < -0.4 is 0 Å². The number of carbonyl (C=O) groups excluding carboxylic acids is 1. The fourth-order valence-electron chi connectivity index (χ4n) is 1.05. The predicted molar refractivity (Wildman–Crippen MR) is 62.2 cm³/mol. The molecule has 1 nitrogen and oxygen atoms in total. The Kier molecular flexibility index (Phi) is 9.18. The zero-order valence-electron chi connectivity index (χ0n) is 9.20. The van der Waals surface area contributed by atoms with E-state index in [9.17, 15) is 4.79 Å². The Labute approximate surface area is 87.2 Å². The van der Waals surface area contributed by atoms with Crippen LogP contribution in [0.4, 0.5) is 0 Å². The van der Waals surface area contributed by atoms with Gasteiger partial charge in [-0.15, -0.1) is 0 Å². The van der Waals surface area contributed by atoms with Gasteiger partial charge in [-0.25, -0.2) is 0 Å². The molecule has 0 aromatic rings. The molecule has 0 saturated heterocycles. The van der Waals surface area contributed by atoms with Crippen LogP contribution >= 0.6 is 0 Å². The fraction of sp³-hybridized carbons (Fsp3) is 0.462. The summed E-state index contributed by atoms with van der Waals surface area (Å²) in [5.41, 5.74) is 1.38. The van der Waals surface area contributed by atoms with Gasteiger partial charge < -0.3 is 0 Å². The number of rotatable bonds is 7. The number of aldehydes is 1. The van der Waals surface area contributed by atoms with E-state index in [0.29, 0.717) is 0 Å². The van der Waals surface area contributed by atoms with Crippen molar-refractivity contribution in [3.8, 4) is 0 Å². The lowest BCUT2D eigenvalue weighted by atomic mass is 10.2. The second-order valence-electron chi connectivity index (χ2n) is 3.47. The SMILES string of the molecule is CC(C)=CCC/C=C/CC/C=C/C=O. The Morgan fingerprint density at radius 2 is 1.50 bits per heavy atom. The Bertz CT molecular complexity index is 217. The van der Waals surface area contributed by atoms with E-state index in [2.05, 4.69) is 32.1 Å². The van der Waals surface area contributed by atoms with Crippen LogP contribution in [-0.4, -0.2) is 6.29 Å². The van der Waals surface area contributed by atoms with Crippen molar-refractivity contribution >= 4 is 6.29 Å². The second-order valence-corrected chi connectivity index (χ2v) is 3.47. The van der Waals surface area contributed by atoms with Gasteiger partial charge in [-0.2, -0.15) is 0 Å². The number of hydrogen-bond donors (Lipinski definition) is 0. The smallest absolute Gasteiger partial charge is 0.142 e. The quantitative estimate of drug-likeness (QED) is 0.259. The molecule has 0 aliphatic carbocycles. The maximum atomic E-state index is 9.93. The highest BCUT2D eigenvalue weighted by atomic mass is 16.1. The molecule has 0 amide bonds. The molecule has 0 saturated carbocycles. The first-order valence-corrected chi connectivity index (χ1v) is 5.16. The first-order chi connectivity index (χ1) is 6.77. The minimum Gasteiger partial charge on any atom is -0.299 e. The zero-order valence-corrected chi connectivity index (χ0v) is 9.20. The largest absolute Gasteiger partial charge is 0.299 e. The van der Waals surface area contributed by atoms with Gasteiger partial charge in [0.05, 0.1) is 0 Å². The van der Waals surface area contributed by atoms with Crippen LogP contribution in [0.3, 0.4) is 0 Å². The summed E-state index contributed by atoms with van der Waals surface area (Å²) in [7, 11) is 0. The monoisotopic (exact) mass is 192 g/mol. The van der Waals surface area contributed by atoms with Crippen LogP contribution in [0.15, 0.2) is 36.0 Å². The van der Waals surface area contributed by atoms with Gasteiger partial charge in [0, 0.05) is 0 Å². The molecule has 0 unspecified atom stereocenters. The molecule has 0 aromatic heterocycles. The summed E-state index contributed by atoms with van der Waals surface area (Å²) in [5.74, 6) is 0. The summed E-state index contributed by atoms with van der Waals surface area (Å²) < 4.78 is 0. The second kappa shape index (κ2) is 9.97. The third-order valence-electron chi connectivity index (χ3n) is 1.77. The van der Waals surface area contributed by atoms with Gasteiger partial charge >= 0.3 is 0 Å². The van der Waals surface area contributed by atoms with Crippen LogP contribution in [0.1, 0.15) is 39.5 Å². The van der Waals surface area contributed by atoms with Crippen molar-refractivity contribution in [3.05, 3.63) is 36.0 Å². The van der Waals surface area contributed by atoms with Crippen molar-refractivity contribution in [2.24, 2.45) is 0 Å². The molecule has 78 valence electrons. The van der Waals surface area contributed by atoms with Crippen LogP contribution in [0.5, 0.6) is 0 Å². The lowest BCUT2D eigenvalue weighted by molar-refractivity contribution is -0.104. The minimum absolute atomic E-state index is 0.818.